The Hall–Kier alpha value is -1.90. The molecule has 1 unspecified atom stereocenters. The van der Waals surface area contributed by atoms with Crippen molar-refractivity contribution in [1.82, 2.24) is 10.3 Å². The van der Waals surface area contributed by atoms with E-state index in [0.29, 0.717) is 0 Å². The Balaban J connectivity index is 2.21. The van der Waals surface area contributed by atoms with Crippen LogP contribution in [-0.2, 0) is 0 Å². The zero-order valence-corrected chi connectivity index (χ0v) is 12.9. The molecule has 0 saturated carbocycles. The molecule has 1 heterocycles. The summed E-state index contributed by atoms with van der Waals surface area (Å²) < 4.78 is 0. The minimum atomic E-state index is 0.0941. The largest absolute Gasteiger partial charge is 0.309 e. The summed E-state index contributed by atoms with van der Waals surface area (Å²) in [5.41, 5.74) is 4.53. The van der Waals surface area contributed by atoms with Crippen molar-refractivity contribution < 1.29 is 0 Å². The minimum absolute atomic E-state index is 0.0941. The van der Waals surface area contributed by atoms with Crippen LogP contribution in [0.2, 0.25) is 5.02 Å². The lowest BCUT2D eigenvalue weighted by Gasteiger charge is -2.21. The highest BCUT2D eigenvalue weighted by atomic mass is 35.5. The lowest BCUT2D eigenvalue weighted by Crippen LogP contribution is -2.19. The van der Waals surface area contributed by atoms with Gasteiger partial charge in [0.15, 0.2) is 0 Å². The summed E-state index contributed by atoms with van der Waals surface area (Å²) in [6.07, 6.45) is 1.82. The van der Waals surface area contributed by atoms with E-state index in [2.05, 4.69) is 41.5 Å². The van der Waals surface area contributed by atoms with Crippen molar-refractivity contribution >= 4 is 22.5 Å². The van der Waals surface area contributed by atoms with Gasteiger partial charge in [0.05, 0.1) is 11.6 Å². The molecule has 0 spiro atoms. The van der Waals surface area contributed by atoms with Gasteiger partial charge in [-0.05, 0) is 48.9 Å². The zero-order valence-electron chi connectivity index (χ0n) is 12.1. The SMILES string of the molecule is CNC(c1cccc(Cl)c1C)c1cccc2ncccc12. The Morgan fingerprint density at radius 2 is 1.76 bits per heavy atom. The molecule has 21 heavy (non-hydrogen) atoms. The fourth-order valence-electron chi connectivity index (χ4n) is 2.79. The molecule has 2 nitrogen and oxygen atoms in total. The van der Waals surface area contributed by atoms with Crippen molar-refractivity contribution in [3.63, 3.8) is 0 Å². The van der Waals surface area contributed by atoms with Crippen LogP contribution in [0.5, 0.6) is 0 Å². The van der Waals surface area contributed by atoms with Gasteiger partial charge in [0, 0.05) is 16.6 Å². The number of hydrogen-bond donors (Lipinski definition) is 1. The van der Waals surface area contributed by atoms with Gasteiger partial charge in [0.1, 0.15) is 0 Å². The number of halogens is 1. The summed E-state index contributed by atoms with van der Waals surface area (Å²) in [6, 6.07) is 16.5. The summed E-state index contributed by atoms with van der Waals surface area (Å²) in [5, 5.41) is 5.37. The molecule has 3 aromatic rings. The first-order chi connectivity index (χ1) is 10.2. The standard InChI is InChI=1S/C18H17ClN2/c1-12-13(6-3-9-16(12)19)18(20-2)15-7-4-10-17-14(15)8-5-11-21-17/h3-11,18,20H,1-2H3. The van der Waals surface area contributed by atoms with Crippen LogP contribution in [0.3, 0.4) is 0 Å². The van der Waals surface area contributed by atoms with Gasteiger partial charge >= 0.3 is 0 Å². The number of rotatable bonds is 3. The molecule has 1 aromatic heterocycles. The Labute approximate surface area is 129 Å². The molecule has 3 heteroatoms. The fourth-order valence-corrected chi connectivity index (χ4v) is 2.98. The zero-order chi connectivity index (χ0) is 14.8. The van der Waals surface area contributed by atoms with Crippen LogP contribution in [0.25, 0.3) is 10.9 Å². The molecule has 2 aromatic carbocycles. The third kappa shape index (κ3) is 2.53. The predicted octanol–water partition coefficient (Wildman–Crippen LogP) is 4.51. The number of hydrogen-bond acceptors (Lipinski definition) is 2. The van der Waals surface area contributed by atoms with Crippen LogP contribution >= 0.6 is 11.6 Å². The lowest BCUT2D eigenvalue weighted by molar-refractivity contribution is 0.692. The van der Waals surface area contributed by atoms with Gasteiger partial charge in [0.2, 0.25) is 0 Å². The summed E-state index contributed by atoms with van der Waals surface area (Å²) in [4.78, 5) is 4.44. The second-order valence-corrected chi connectivity index (χ2v) is 5.50. The summed E-state index contributed by atoms with van der Waals surface area (Å²) in [6.45, 7) is 2.06. The van der Waals surface area contributed by atoms with Crippen LogP contribution in [0.1, 0.15) is 22.7 Å². The van der Waals surface area contributed by atoms with Crippen molar-refractivity contribution in [3.05, 3.63) is 76.4 Å². The molecule has 0 aliphatic heterocycles. The topological polar surface area (TPSA) is 24.9 Å². The van der Waals surface area contributed by atoms with Crippen molar-refractivity contribution in [2.45, 2.75) is 13.0 Å². The summed E-state index contributed by atoms with van der Waals surface area (Å²) in [5.74, 6) is 0. The Bertz CT molecular complexity index is 778. The molecule has 0 bridgehead atoms. The second-order valence-electron chi connectivity index (χ2n) is 5.09. The molecule has 1 atom stereocenters. The molecule has 0 amide bonds. The number of nitrogens with one attached hydrogen (secondary N) is 1. The fraction of sp³-hybridized carbons (Fsp3) is 0.167. The maximum absolute atomic E-state index is 6.28. The smallest absolute Gasteiger partial charge is 0.0705 e. The van der Waals surface area contributed by atoms with E-state index < -0.39 is 0 Å². The number of fused-ring (bicyclic) bond motifs is 1. The van der Waals surface area contributed by atoms with E-state index in [1.54, 1.807) is 0 Å². The van der Waals surface area contributed by atoms with E-state index in [0.717, 1.165) is 16.1 Å². The van der Waals surface area contributed by atoms with E-state index in [1.165, 1.54) is 16.5 Å². The van der Waals surface area contributed by atoms with E-state index in [9.17, 15) is 0 Å². The first-order valence-electron chi connectivity index (χ1n) is 6.98. The van der Waals surface area contributed by atoms with Crippen molar-refractivity contribution in [3.8, 4) is 0 Å². The van der Waals surface area contributed by atoms with Gasteiger partial charge in [0.25, 0.3) is 0 Å². The van der Waals surface area contributed by atoms with Gasteiger partial charge in [-0.1, -0.05) is 41.9 Å². The quantitative estimate of drug-likeness (QED) is 0.769. The molecule has 3 rings (SSSR count). The van der Waals surface area contributed by atoms with E-state index in [4.69, 9.17) is 11.6 Å². The number of pyridine rings is 1. The molecule has 106 valence electrons. The van der Waals surface area contributed by atoms with Gasteiger partial charge in [-0.15, -0.1) is 0 Å². The normalized spacial score (nSPS) is 12.5. The molecular formula is C18H17ClN2. The first kappa shape index (κ1) is 14.1. The third-order valence-electron chi connectivity index (χ3n) is 3.90. The molecule has 0 radical (unpaired) electrons. The maximum atomic E-state index is 6.28. The van der Waals surface area contributed by atoms with Crippen LogP contribution in [0, 0.1) is 6.92 Å². The lowest BCUT2D eigenvalue weighted by atomic mass is 9.92. The Morgan fingerprint density at radius 3 is 2.57 bits per heavy atom. The van der Waals surface area contributed by atoms with Gasteiger partial charge in [-0.2, -0.15) is 0 Å². The van der Waals surface area contributed by atoms with Crippen LogP contribution in [0.15, 0.2) is 54.7 Å². The number of nitrogens with zero attached hydrogens (tertiary/aromatic N) is 1. The van der Waals surface area contributed by atoms with Crippen LogP contribution in [0.4, 0.5) is 0 Å². The predicted molar refractivity (Wildman–Crippen MR) is 88.8 cm³/mol. The highest BCUT2D eigenvalue weighted by Gasteiger charge is 2.17. The van der Waals surface area contributed by atoms with Gasteiger partial charge in [-0.25, -0.2) is 0 Å². The van der Waals surface area contributed by atoms with Crippen molar-refractivity contribution in [2.24, 2.45) is 0 Å². The second kappa shape index (κ2) is 5.84. The average molecular weight is 297 g/mol. The molecular weight excluding hydrogens is 280 g/mol. The molecule has 0 aliphatic carbocycles. The number of aromatic nitrogens is 1. The summed E-state index contributed by atoms with van der Waals surface area (Å²) >= 11 is 6.28. The van der Waals surface area contributed by atoms with E-state index >= 15 is 0 Å². The highest BCUT2D eigenvalue weighted by Crippen LogP contribution is 2.31. The average Bonchev–Trinajstić information content (AvgIpc) is 2.52. The van der Waals surface area contributed by atoms with Crippen LogP contribution in [-0.4, -0.2) is 12.0 Å². The first-order valence-corrected chi connectivity index (χ1v) is 7.36. The van der Waals surface area contributed by atoms with Gasteiger partial charge < -0.3 is 5.32 Å². The maximum Gasteiger partial charge on any atom is 0.0705 e. The van der Waals surface area contributed by atoms with Crippen molar-refractivity contribution in [1.29, 1.82) is 0 Å². The van der Waals surface area contributed by atoms with Crippen molar-refractivity contribution in [2.75, 3.05) is 7.05 Å². The highest BCUT2D eigenvalue weighted by molar-refractivity contribution is 6.31. The van der Waals surface area contributed by atoms with E-state index in [1.807, 2.05) is 37.5 Å². The third-order valence-corrected chi connectivity index (χ3v) is 4.31. The molecule has 0 fully saturated rings. The molecule has 0 saturated heterocycles. The molecule has 1 N–H and O–H groups in total. The van der Waals surface area contributed by atoms with Crippen LogP contribution < -0.4 is 5.32 Å². The summed E-state index contributed by atoms with van der Waals surface area (Å²) in [7, 11) is 1.97. The molecule has 0 aliphatic rings. The minimum Gasteiger partial charge on any atom is -0.309 e. The Morgan fingerprint density at radius 1 is 1.00 bits per heavy atom. The van der Waals surface area contributed by atoms with E-state index in [-0.39, 0.29) is 6.04 Å². The monoisotopic (exact) mass is 296 g/mol. The Kier molecular flexibility index (Phi) is 3.91. The van der Waals surface area contributed by atoms with Gasteiger partial charge in [-0.3, -0.25) is 4.98 Å². The number of benzene rings is 2.